The second-order valence-corrected chi connectivity index (χ2v) is 9.32. The number of fused-ring (bicyclic) bond motifs is 2. The highest BCUT2D eigenvalue weighted by molar-refractivity contribution is 7.21. The predicted octanol–water partition coefficient (Wildman–Crippen LogP) is 6.52. The molecular weight excluding hydrogens is 484 g/mol. The smallest absolute Gasteiger partial charge is 0.282 e. The molecule has 0 radical (unpaired) electrons. The number of aliphatic imine (C=N–C) groups is 1. The molecule has 0 atom stereocenters. The van der Waals surface area contributed by atoms with E-state index in [-0.39, 0.29) is 12.7 Å². The Kier molecular flexibility index (Phi) is 5.43. The number of amidine groups is 1. The fourth-order valence-corrected chi connectivity index (χ4v) is 5.58. The van der Waals surface area contributed by atoms with Crippen LogP contribution in [0.5, 0.6) is 17.2 Å². The number of carbonyl (C=O) groups is 1. The maximum absolute atomic E-state index is 13.7. The van der Waals surface area contributed by atoms with Crippen molar-refractivity contribution < 1.29 is 19.0 Å². The van der Waals surface area contributed by atoms with E-state index in [2.05, 4.69) is 0 Å². The minimum Gasteiger partial charge on any atom is -0.494 e. The minimum atomic E-state index is -0.240. The Morgan fingerprint density at radius 1 is 1.09 bits per heavy atom. The zero-order chi connectivity index (χ0) is 23.9. The van der Waals surface area contributed by atoms with Gasteiger partial charge in [0.1, 0.15) is 11.4 Å². The number of rotatable bonds is 5. The van der Waals surface area contributed by atoms with Gasteiger partial charge in [-0.15, -0.1) is 11.3 Å². The van der Waals surface area contributed by atoms with Crippen LogP contribution in [0.15, 0.2) is 77.4 Å². The first-order chi connectivity index (χ1) is 17.1. The highest BCUT2D eigenvalue weighted by Gasteiger charge is 2.35. The second kappa shape index (κ2) is 8.76. The highest BCUT2D eigenvalue weighted by atomic mass is 35.5. The molecule has 0 bridgehead atoms. The molecule has 1 aromatic heterocycles. The fraction of sp³-hybridized carbons (Fsp3) is 0.111. The predicted molar refractivity (Wildman–Crippen MR) is 139 cm³/mol. The normalized spacial score (nSPS) is 15.8. The molecule has 0 aliphatic carbocycles. The van der Waals surface area contributed by atoms with Gasteiger partial charge in [0.2, 0.25) is 6.79 Å². The van der Waals surface area contributed by atoms with E-state index in [0.717, 1.165) is 26.3 Å². The first-order valence-electron chi connectivity index (χ1n) is 11.1. The van der Waals surface area contributed by atoms with Crippen molar-refractivity contribution in [3.63, 3.8) is 0 Å². The summed E-state index contributed by atoms with van der Waals surface area (Å²) in [7, 11) is 0. The zero-order valence-corrected chi connectivity index (χ0v) is 20.2. The van der Waals surface area contributed by atoms with Gasteiger partial charge < -0.3 is 14.2 Å². The average Bonchev–Trinajstić information content (AvgIpc) is 3.56. The summed E-state index contributed by atoms with van der Waals surface area (Å²) in [4.78, 5) is 20.8. The molecule has 0 saturated heterocycles. The molecule has 0 unspecified atom stereocenters. The van der Waals surface area contributed by atoms with Crippen molar-refractivity contribution in [3.8, 4) is 17.2 Å². The van der Waals surface area contributed by atoms with Crippen LogP contribution >= 0.6 is 22.9 Å². The number of benzene rings is 3. The molecular formula is C27H19ClN2O4S. The number of halogens is 1. The monoisotopic (exact) mass is 502 g/mol. The van der Waals surface area contributed by atoms with Gasteiger partial charge in [-0.05, 0) is 61.0 Å². The summed E-state index contributed by atoms with van der Waals surface area (Å²) in [5.41, 5.74) is 1.78. The number of carbonyl (C=O) groups excluding carboxylic acids is 1. The van der Waals surface area contributed by atoms with E-state index in [0.29, 0.717) is 40.3 Å². The number of amides is 1. The molecule has 1 amide bonds. The quantitative estimate of drug-likeness (QED) is 0.292. The Bertz CT molecular complexity index is 1520. The van der Waals surface area contributed by atoms with Crippen molar-refractivity contribution >= 4 is 56.5 Å². The largest absolute Gasteiger partial charge is 0.494 e. The summed E-state index contributed by atoms with van der Waals surface area (Å²) in [6.07, 6.45) is 1.75. The van der Waals surface area contributed by atoms with Gasteiger partial charge in [0.15, 0.2) is 17.3 Å². The van der Waals surface area contributed by atoms with Crippen LogP contribution in [0, 0.1) is 0 Å². The van der Waals surface area contributed by atoms with Crippen LogP contribution < -0.4 is 19.1 Å². The van der Waals surface area contributed by atoms with Crippen molar-refractivity contribution in [2.24, 2.45) is 4.99 Å². The zero-order valence-electron chi connectivity index (χ0n) is 18.7. The number of anilines is 1. The fourth-order valence-electron chi connectivity index (χ4n) is 4.09. The lowest BCUT2D eigenvalue weighted by Crippen LogP contribution is -2.32. The second-order valence-electron chi connectivity index (χ2n) is 7.89. The molecule has 4 aromatic rings. The Balaban J connectivity index is 1.47. The lowest BCUT2D eigenvalue weighted by molar-refractivity contribution is -0.113. The van der Waals surface area contributed by atoms with Crippen LogP contribution in [-0.4, -0.2) is 25.1 Å². The number of ether oxygens (including phenoxy) is 3. The summed E-state index contributed by atoms with van der Waals surface area (Å²) < 4.78 is 17.5. The number of nitrogens with zero attached hydrogens (tertiary/aromatic N) is 2. The van der Waals surface area contributed by atoms with E-state index in [1.165, 1.54) is 11.3 Å². The van der Waals surface area contributed by atoms with Gasteiger partial charge in [0, 0.05) is 10.1 Å². The van der Waals surface area contributed by atoms with Crippen molar-refractivity contribution in [3.05, 3.63) is 87.9 Å². The molecule has 2 aliphatic rings. The van der Waals surface area contributed by atoms with E-state index in [1.807, 2.05) is 73.7 Å². The van der Waals surface area contributed by atoms with E-state index in [4.69, 9.17) is 30.8 Å². The molecule has 3 heterocycles. The molecule has 6 rings (SSSR count). The van der Waals surface area contributed by atoms with Gasteiger partial charge in [0.25, 0.3) is 5.91 Å². The van der Waals surface area contributed by atoms with Crippen molar-refractivity contribution in [2.45, 2.75) is 6.92 Å². The Morgan fingerprint density at radius 3 is 2.69 bits per heavy atom. The lowest BCUT2D eigenvalue weighted by Gasteiger charge is -2.18. The first kappa shape index (κ1) is 21.7. The van der Waals surface area contributed by atoms with E-state index < -0.39 is 0 Å². The Morgan fingerprint density at radius 2 is 1.89 bits per heavy atom. The number of hydrogen-bond acceptors (Lipinski definition) is 6. The topological polar surface area (TPSA) is 60.4 Å². The van der Waals surface area contributed by atoms with Gasteiger partial charge in [-0.25, -0.2) is 4.99 Å². The molecule has 0 fully saturated rings. The summed E-state index contributed by atoms with van der Waals surface area (Å²) in [6, 6.07) is 20.8. The third kappa shape index (κ3) is 3.83. The van der Waals surface area contributed by atoms with Crippen LogP contribution in [0.2, 0.25) is 5.02 Å². The van der Waals surface area contributed by atoms with Gasteiger partial charge >= 0.3 is 0 Å². The third-order valence-electron chi connectivity index (χ3n) is 5.70. The van der Waals surface area contributed by atoms with Crippen LogP contribution in [0.3, 0.4) is 0 Å². The van der Waals surface area contributed by atoms with Gasteiger partial charge in [-0.3, -0.25) is 9.69 Å². The Labute approximate surface area is 210 Å². The van der Waals surface area contributed by atoms with E-state index >= 15 is 0 Å². The van der Waals surface area contributed by atoms with Crippen molar-refractivity contribution in [1.29, 1.82) is 0 Å². The molecule has 174 valence electrons. The number of thiophene rings is 1. The molecule has 0 saturated carbocycles. The van der Waals surface area contributed by atoms with Gasteiger partial charge in [0.05, 0.1) is 22.2 Å². The van der Waals surface area contributed by atoms with Crippen LogP contribution in [-0.2, 0) is 4.79 Å². The molecule has 8 heteroatoms. The highest BCUT2D eigenvalue weighted by Crippen LogP contribution is 2.40. The van der Waals surface area contributed by atoms with Crippen molar-refractivity contribution in [2.75, 3.05) is 18.3 Å². The lowest BCUT2D eigenvalue weighted by atomic mass is 10.1. The number of hydrogen-bond donors (Lipinski definition) is 0. The average molecular weight is 503 g/mol. The maximum atomic E-state index is 13.7. The summed E-state index contributed by atoms with van der Waals surface area (Å²) in [6.45, 7) is 2.68. The van der Waals surface area contributed by atoms with Crippen LogP contribution in [0.1, 0.15) is 17.4 Å². The molecule has 35 heavy (non-hydrogen) atoms. The molecule has 0 N–H and O–H groups in total. The summed E-state index contributed by atoms with van der Waals surface area (Å²) in [5, 5.41) is 1.52. The van der Waals surface area contributed by atoms with Gasteiger partial charge in [-0.2, -0.15) is 0 Å². The summed E-state index contributed by atoms with van der Waals surface area (Å²) >= 11 is 8.31. The minimum absolute atomic E-state index is 0.187. The standard InChI is InChI=1S/C27H19ClN2O4S/c1-2-32-18-10-8-17(9-11-18)30-26(25-24(28)19-5-3-4-6-23(19)35-25)29-20(27(30)31)13-16-7-12-21-22(14-16)34-15-33-21/h3-14H,2,15H2,1H3/b20-13+. The SMILES string of the molecule is CCOc1ccc(N2C(=O)/C(=C\c3ccc4c(c3)OCO4)N=C2c2sc3ccccc3c2Cl)cc1. The first-order valence-corrected chi connectivity index (χ1v) is 12.3. The molecule has 6 nitrogen and oxygen atoms in total. The Hall–Kier alpha value is -3.81. The van der Waals surface area contributed by atoms with Crippen molar-refractivity contribution in [1.82, 2.24) is 0 Å². The van der Waals surface area contributed by atoms with E-state index in [1.54, 1.807) is 11.0 Å². The van der Waals surface area contributed by atoms with Gasteiger partial charge in [-0.1, -0.05) is 35.9 Å². The van der Waals surface area contributed by atoms with Crippen LogP contribution in [0.4, 0.5) is 5.69 Å². The molecule has 0 spiro atoms. The maximum Gasteiger partial charge on any atom is 0.282 e. The van der Waals surface area contributed by atoms with E-state index in [9.17, 15) is 4.79 Å². The summed E-state index contributed by atoms with van der Waals surface area (Å²) in [5.74, 6) is 2.32. The third-order valence-corrected chi connectivity index (χ3v) is 7.38. The van der Waals surface area contributed by atoms with Crippen LogP contribution in [0.25, 0.3) is 16.2 Å². The molecule has 3 aromatic carbocycles. The molecule has 2 aliphatic heterocycles.